The summed E-state index contributed by atoms with van der Waals surface area (Å²) in [6.45, 7) is 0. The maximum absolute atomic E-state index is 6.26. The van der Waals surface area contributed by atoms with Crippen LogP contribution in [0.25, 0.3) is 88.1 Å². The van der Waals surface area contributed by atoms with Crippen molar-refractivity contribution in [1.29, 1.82) is 0 Å². The minimum Gasteiger partial charge on any atom is -0.456 e. The molecule has 0 fully saturated rings. The van der Waals surface area contributed by atoms with Crippen molar-refractivity contribution in [2.45, 2.75) is 0 Å². The van der Waals surface area contributed by atoms with Crippen LogP contribution >= 0.6 is 0 Å². The Balaban J connectivity index is 1.32. The minimum absolute atomic E-state index is 0.910. The monoisotopic (exact) mass is 574 g/mol. The van der Waals surface area contributed by atoms with Crippen LogP contribution in [0.1, 0.15) is 0 Å². The first-order valence-corrected chi connectivity index (χ1v) is 15.4. The Morgan fingerprint density at radius 1 is 0.378 bits per heavy atom. The van der Waals surface area contributed by atoms with Gasteiger partial charge < -0.3 is 13.6 Å². The zero-order chi connectivity index (χ0) is 29.5. The van der Waals surface area contributed by atoms with Crippen molar-refractivity contribution in [3.05, 3.63) is 158 Å². The van der Waals surface area contributed by atoms with E-state index >= 15 is 0 Å². The predicted molar refractivity (Wildman–Crippen MR) is 188 cm³/mol. The van der Waals surface area contributed by atoms with Crippen molar-refractivity contribution in [1.82, 2.24) is 9.13 Å². The first-order valence-electron chi connectivity index (χ1n) is 15.4. The molecule has 0 saturated carbocycles. The molecule has 10 aromatic rings. The fourth-order valence-corrected chi connectivity index (χ4v) is 7.45. The number of para-hydroxylation sites is 4. The van der Waals surface area contributed by atoms with Crippen molar-refractivity contribution in [3.63, 3.8) is 0 Å². The molecule has 3 heterocycles. The van der Waals surface area contributed by atoms with Gasteiger partial charge in [-0.25, -0.2) is 0 Å². The molecule has 45 heavy (non-hydrogen) atoms. The van der Waals surface area contributed by atoms with E-state index in [9.17, 15) is 0 Å². The highest BCUT2D eigenvalue weighted by Crippen LogP contribution is 2.42. The zero-order valence-corrected chi connectivity index (χ0v) is 24.3. The molecular weight excluding hydrogens is 548 g/mol. The number of rotatable bonds is 3. The van der Waals surface area contributed by atoms with Gasteiger partial charge in [0.15, 0.2) is 0 Å². The van der Waals surface area contributed by atoms with Crippen LogP contribution in [-0.2, 0) is 0 Å². The lowest BCUT2D eigenvalue weighted by Crippen LogP contribution is -1.96. The van der Waals surface area contributed by atoms with Crippen LogP contribution in [-0.4, -0.2) is 9.13 Å². The summed E-state index contributed by atoms with van der Waals surface area (Å²) in [5.74, 6) is 0. The molecule has 210 valence electrons. The van der Waals surface area contributed by atoms with E-state index < -0.39 is 0 Å². The zero-order valence-electron chi connectivity index (χ0n) is 24.3. The predicted octanol–water partition coefficient (Wildman–Crippen LogP) is 11.4. The highest BCUT2D eigenvalue weighted by Gasteiger charge is 2.20. The van der Waals surface area contributed by atoms with Crippen LogP contribution < -0.4 is 0 Å². The van der Waals surface area contributed by atoms with E-state index in [1.165, 1.54) is 60.4 Å². The molecule has 0 saturated heterocycles. The van der Waals surface area contributed by atoms with E-state index in [1.54, 1.807) is 0 Å². The second-order valence-corrected chi connectivity index (χ2v) is 11.7. The Kier molecular flexibility index (Phi) is 5.00. The van der Waals surface area contributed by atoms with Crippen LogP contribution in [0.5, 0.6) is 0 Å². The Morgan fingerprint density at radius 2 is 1.02 bits per heavy atom. The number of hydrogen-bond acceptors (Lipinski definition) is 1. The average molecular weight is 575 g/mol. The number of nitrogens with zero attached hydrogens (tertiary/aromatic N) is 2. The van der Waals surface area contributed by atoms with Gasteiger partial charge in [0.25, 0.3) is 0 Å². The molecule has 0 bridgehead atoms. The molecule has 0 atom stereocenters. The summed E-state index contributed by atoms with van der Waals surface area (Å²) < 4.78 is 11.1. The van der Waals surface area contributed by atoms with Gasteiger partial charge in [-0.15, -0.1) is 0 Å². The van der Waals surface area contributed by atoms with Gasteiger partial charge in [0.1, 0.15) is 11.2 Å². The molecule has 0 unspecified atom stereocenters. The largest absolute Gasteiger partial charge is 0.456 e. The van der Waals surface area contributed by atoms with E-state index in [1.807, 2.05) is 12.1 Å². The number of aromatic nitrogens is 2. The highest BCUT2D eigenvalue weighted by molar-refractivity contribution is 6.18. The number of furan rings is 1. The van der Waals surface area contributed by atoms with Crippen molar-refractivity contribution in [2.75, 3.05) is 0 Å². The molecule has 0 aliphatic rings. The molecular formula is C42H26N2O. The van der Waals surface area contributed by atoms with Gasteiger partial charge in [0.05, 0.1) is 27.8 Å². The van der Waals surface area contributed by atoms with Crippen LogP contribution in [0.2, 0.25) is 0 Å². The summed E-state index contributed by atoms with van der Waals surface area (Å²) in [6.07, 6.45) is 0. The van der Waals surface area contributed by atoms with Crippen LogP contribution in [0.3, 0.4) is 0 Å². The van der Waals surface area contributed by atoms with Gasteiger partial charge in [-0.3, -0.25) is 0 Å². The Labute approximate surface area is 258 Å². The van der Waals surface area contributed by atoms with Gasteiger partial charge in [0.2, 0.25) is 0 Å². The fourth-order valence-electron chi connectivity index (χ4n) is 7.45. The SMILES string of the molecule is c1ccc(-n2c3ccccc3c3c(-n4c5ccccc5c5ccc(-c6cccc7oc8ccccc8c67)cc54)cccc32)cc1. The van der Waals surface area contributed by atoms with Crippen LogP contribution in [0.15, 0.2) is 162 Å². The lowest BCUT2D eigenvalue weighted by atomic mass is 9.98. The van der Waals surface area contributed by atoms with Crippen molar-refractivity contribution < 1.29 is 4.42 Å². The van der Waals surface area contributed by atoms with E-state index in [-0.39, 0.29) is 0 Å². The summed E-state index contributed by atoms with van der Waals surface area (Å²) in [5, 5.41) is 7.26. The molecule has 0 aliphatic heterocycles. The van der Waals surface area contributed by atoms with E-state index in [0.717, 1.165) is 27.6 Å². The Bertz CT molecular complexity index is 2760. The van der Waals surface area contributed by atoms with Gasteiger partial charge in [0, 0.05) is 38.0 Å². The maximum atomic E-state index is 6.26. The van der Waals surface area contributed by atoms with Gasteiger partial charge >= 0.3 is 0 Å². The van der Waals surface area contributed by atoms with Gasteiger partial charge in [-0.1, -0.05) is 103 Å². The van der Waals surface area contributed by atoms with Crippen LogP contribution in [0, 0.1) is 0 Å². The molecule has 0 amide bonds. The molecule has 10 rings (SSSR count). The molecule has 3 aromatic heterocycles. The molecule has 0 aliphatic carbocycles. The Morgan fingerprint density at radius 3 is 1.89 bits per heavy atom. The molecule has 0 N–H and O–H groups in total. The van der Waals surface area contributed by atoms with Gasteiger partial charge in [-0.2, -0.15) is 0 Å². The Hall–Kier alpha value is -6.06. The van der Waals surface area contributed by atoms with Crippen molar-refractivity contribution >= 4 is 65.6 Å². The first kappa shape index (κ1) is 24.4. The lowest BCUT2D eigenvalue weighted by molar-refractivity contribution is 0.669. The third-order valence-electron chi connectivity index (χ3n) is 9.32. The summed E-state index contributed by atoms with van der Waals surface area (Å²) in [5.41, 5.74) is 11.3. The summed E-state index contributed by atoms with van der Waals surface area (Å²) in [7, 11) is 0. The lowest BCUT2D eigenvalue weighted by Gasteiger charge is -2.12. The maximum Gasteiger partial charge on any atom is 0.136 e. The second kappa shape index (κ2) is 9.22. The summed E-state index contributed by atoms with van der Waals surface area (Å²) in [4.78, 5) is 0. The summed E-state index contributed by atoms with van der Waals surface area (Å²) in [6, 6.07) is 56.5. The van der Waals surface area contributed by atoms with E-state index in [0.29, 0.717) is 0 Å². The van der Waals surface area contributed by atoms with Crippen LogP contribution in [0.4, 0.5) is 0 Å². The second-order valence-electron chi connectivity index (χ2n) is 11.7. The first-order chi connectivity index (χ1) is 22.3. The third kappa shape index (κ3) is 3.41. The number of fused-ring (bicyclic) bond motifs is 9. The van der Waals surface area contributed by atoms with E-state index in [4.69, 9.17) is 4.42 Å². The average Bonchev–Trinajstić information content (AvgIpc) is 3.76. The van der Waals surface area contributed by atoms with E-state index in [2.05, 4.69) is 155 Å². The summed E-state index contributed by atoms with van der Waals surface area (Å²) >= 11 is 0. The fraction of sp³-hybridized carbons (Fsp3) is 0. The van der Waals surface area contributed by atoms with Gasteiger partial charge in [-0.05, 0) is 65.7 Å². The van der Waals surface area contributed by atoms with Crippen molar-refractivity contribution in [2.24, 2.45) is 0 Å². The standard InChI is InChI=1S/C42H26N2O/c1-2-12-28(13-3-1)43-35-19-8-5-15-32(35)42-36(43)20-11-21-37(42)44-34-18-7-4-14-30(34)31-25-24-27(26-38(31)44)29-17-10-23-40-41(29)33-16-6-9-22-39(33)45-40/h1-26H. The van der Waals surface area contributed by atoms with Crippen molar-refractivity contribution in [3.8, 4) is 22.5 Å². The molecule has 0 spiro atoms. The normalized spacial score (nSPS) is 12.0. The number of hydrogen-bond donors (Lipinski definition) is 0. The molecule has 3 heteroatoms. The molecule has 0 radical (unpaired) electrons. The molecule has 3 nitrogen and oxygen atoms in total. The minimum atomic E-state index is 0.910. The smallest absolute Gasteiger partial charge is 0.136 e. The third-order valence-corrected chi connectivity index (χ3v) is 9.32. The quantitative estimate of drug-likeness (QED) is 0.206. The molecule has 7 aromatic carbocycles. The topological polar surface area (TPSA) is 23.0 Å². The number of benzene rings is 7. The highest BCUT2D eigenvalue weighted by atomic mass is 16.3.